The molecule has 3 rings (SSSR count). The van der Waals surface area contributed by atoms with Gasteiger partial charge in [-0.1, -0.05) is 31.9 Å². The van der Waals surface area contributed by atoms with E-state index in [1.807, 2.05) is 12.1 Å². The lowest BCUT2D eigenvalue weighted by Crippen LogP contribution is -2.07. The van der Waals surface area contributed by atoms with Gasteiger partial charge >= 0.3 is 23.5 Å². The minimum Gasteiger partial charge on any atom is -0.462 e. The van der Waals surface area contributed by atoms with Crippen LogP contribution < -0.4 is 10.4 Å². The molecule has 0 saturated heterocycles. The third-order valence-corrected chi connectivity index (χ3v) is 6.45. The van der Waals surface area contributed by atoms with Crippen molar-refractivity contribution in [2.75, 3.05) is 13.2 Å². The van der Waals surface area contributed by atoms with E-state index in [-0.39, 0.29) is 0 Å². The topological polar surface area (TPSA) is 109 Å². The number of esters is 3. The lowest BCUT2D eigenvalue weighted by Gasteiger charge is -2.13. The highest BCUT2D eigenvalue weighted by Crippen LogP contribution is 2.27. The predicted molar refractivity (Wildman–Crippen MR) is 161 cm³/mol. The van der Waals surface area contributed by atoms with Crippen LogP contribution >= 0.6 is 0 Å². The first-order valence-corrected chi connectivity index (χ1v) is 13.8. The maximum absolute atomic E-state index is 12.9. The summed E-state index contributed by atoms with van der Waals surface area (Å²) >= 11 is 0. The molecule has 1 aromatic heterocycles. The number of unbranched alkanes of at least 4 members (excludes halogenated alkanes) is 2. The normalized spacial score (nSPS) is 10.6. The van der Waals surface area contributed by atoms with Gasteiger partial charge in [-0.25, -0.2) is 19.2 Å². The van der Waals surface area contributed by atoms with E-state index in [9.17, 15) is 19.2 Å². The van der Waals surface area contributed by atoms with Gasteiger partial charge in [0.2, 0.25) is 0 Å². The molecule has 42 heavy (non-hydrogen) atoms. The fourth-order valence-corrected chi connectivity index (χ4v) is 4.19. The van der Waals surface area contributed by atoms with Crippen LogP contribution in [0.4, 0.5) is 0 Å². The lowest BCUT2D eigenvalue weighted by molar-refractivity contribution is -0.139. The van der Waals surface area contributed by atoms with Crippen molar-refractivity contribution in [1.29, 1.82) is 0 Å². The van der Waals surface area contributed by atoms with Gasteiger partial charge in [-0.05, 0) is 99.4 Å². The van der Waals surface area contributed by atoms with Gasteiger partial charge < -0.3 is 18.6 Å². The van der Waals surface area contributed by atoms with E-state index in [4.69, 9.17) is 18.6 Å². The van der Waals surface area contributed by atoms with Crippen LogP contribution in [0.25, 0.3) is 22.1 Å². The number of fused-ring (bicyclic) bond motifs is 1. The van der Waals surface area contributed by atoms with Gasteiger partial charge in [0.15, 0.2) is 0 Å². The minimum absolute atomic E-state index is 0.298. The summed E-state index contributed by atoms with van der Waals surface area (Å²) in [6.45, 7) is 14.4. The Hall–Kier alpha value is -4.72. The molecule has 0 aliphatic rings. The van der Waals surface area contributed by atoms with Gasteiger partial charge in [0.25, 0.3) is 0 Å². The van der Waals surface area contributed by atoms with E-state index in [0.29, 0.717) is 66.1 Å². The van der Waals surface area contributed by atoms with Gasteiger partial charge in [0.1, 0.15) is 11.3 Å². The molecular weight excluding hydrogens is 536 g/mol. The Balaban J connectivity index is 1.81. The van der Waals surface area contributed by atoms with Crippen LogP contribution in [0.5, 0.6) is 5.75 Å². The van der Waals surface area contributed by atoms with Crippen molar-refractivity contribution >= 4 is 28.9 Å². The fraction of sp³-hybridized carbons (Fsp3) is 0.294. The maximum atomic E-state index is 12.9. The Morgan fingerprint density at radius 3 is 1.88 bits per heavy atom. The highest BCUT2D eigenvalue weighted by Gasteiger charge is 2.13. The maximum Gasteiger partial charge on any atom is 0.344 e. The predicted octanol–water partition coefficient (Wildman–Crippen LogP) is 6.44. The van der Waals surface area contributed by atoms with Crippen molar-refractivity contribution in [2.45, 2.75) is 52.4 Å². The van der Waals surface area contributed by atoms with E-state index in [2.05, 4.69) is 19.7 Å². The Morgan fingerprint density at radius 1 is 0.810 bits per heavy atom. The Kier molecular flexibility index (Phi) is 11.6. The largest absolute Gasteiger partial charge is 0.462 e. The smallest absolute Gasteiger partial charge is 0.344 e. The van der Waals surface area contributed by atoms with Crippen LogP contribution in [-0.4, -0.2) is 31.1 Å². The van der Waals surface area contributed by atoms with Crippen molar-refractivity contribution in [1.82, 2.24) is 0 Å². The summed E-state index contributed by atoms with van der Waals surface area (Å²) in [7, 11) is 0. The number of ether oxygens (including phenoxy) is 3. The average molecular weight is 573 g/mol. The van der Waals surface area contributed by atoms with Gasteiger partial charge in [-0.15, -0.1) is 0 Å². The summed E-state index contributed by atoms with van der Waals surface area (Å²) in [6.07, 6.45) is 5.43. The lowest BCUT2D eigenvalue weighted by atomic mass is 9.95. The number of aryl methyl sites for hydroxylation is 2. The van der Waals surface area contributed by atoms with Crippen LogP contribution in [0.1, 0.15) is 50.7 Å². The van der Waals surface area contributed by atoms with Crippen LogP contribution in [0.15, 0.2) is 88.6 Å². The average Bonchev–Trinajstić information content (AvgIpc) is 2.96. The summed E-state index contributed by atoms with van der Waals surface area (Å²) in [4.78, 5) is 47.7. The molecule has 3 aromatic rings. The molecule has 0 atom stereocenters. The van der Waals surface area contributed by atoms with Gasteiger partial charge in [0, 0.05) is 22.6 Å². The van der Waals surface area contributed by atoms with Crippen LogP contribution in [0, 0.1) is 0 Å². The zero-order chi connectivity index (χ0) is 30.6. The second kappa shape index (κ2) is 15.3. The monoisotopic (exact) mass is 572 g/mol. The number of carbonyl (C=O) groups excluding carboxylic acids is 3. The van der Waals surface area contributed by atoms with Gasteiger partial charge in [-0.3, -0.25) is 0 Å². The van der Waals surface area contributed by atoms with Crippen molar-refractivity contribution in [3.63, 3.8) is 0 Å². The number of hydrogen-bond acceptors (Lipinski definition) is 8. The molecule has 0 fully saturated rings. The molecule has 0 aliphatic heterocycles. The third-order valence-electron chi connectivity index (χ3n) is 6.45. The molecule has 0 bridgehead atoms. The highest BCUT2D eigenvalue weighted by atomic mass is 16.5. The molecule has 0 unspecified atom stereocenters. The van der Waals surface area contributed by atoms with E-state index in [1.54, 1.807) is 44.2 Å². The fourth-order valence-electron chi connectivity index (χ4n) is 4.19. The summed E-state index contributed by atoms with van der Waals surface area (Å²) in [6, 6.07) is 12.3. The molecular formula is C34H36O8. The Morgan fingerprint density at radius 2 is 1.36 bits per heavy atom. The first-order chi connectivity index (χ1) is 20.1. The molecule has 220 valence electrons. The second-order valence-electron chi connectivity index (χ2n) is 10.0. The van der Waals surface area contributed by atoms with Crippen molar-refractivity contribution < 1.29 is 33.0 Å². The first-order valence-electron chi connectivity index (χ1n) is 13.8. The number of benzene rings is 2. The van der Waals surface area contributed by atoms with Gasteiger partial charge in [0.05, 0.1) is 18.8 Å². The van der Waals surface area contributed by atoms with E-state index < -0.39 is 23.5 Å². The molecule has 0 aliphatic carbocycles. The van der Waals surface area contributed by atoms with E-state index >= 15 is 0 Å². The van der Waals surface area contributed by atoms with Crippen LogP contribution in [0.2, 0.25) is 0 Å². The molecule has 0 N–H and O–H groups in total. The minimum atomic E-state index is -0.571. The van der Waals surface area contributed by atoms with Crippen molar-refractivity contribution in [3.05, 3.63) is 101 Å². The molecule has 0 spiro atoms. The summed E-state index contributed by atoms with van der Waals surface area (Å²) < 4.78 is 21.3. The van der Waals surface area contributed by atoms with E-state index in [0.717, 1.165) is 41.9 Å². The molecule has 0 amide bonds. The van der Waals surface area contributed by atoms with Gasteiger partial charge in [-0.2, -0.15) is 0 Å². The first kappa shape index (κ1) is 31.8. The molecule has 8 heteroatoms. The zero-order valence-electron chi connectivity index (χ0n) is 24.2. The SMILES string of the molecule is C=CC(=O)Oc1ccc(-c2cc3cc(CCCCOC(=O)C(=C)C)c(CCCCOC(=O)C(=C)C)cc3oc2=O)cc1. The summed E-state index contributed by atoms with van der Waals surface area (Å²) in [5, 5.41) is 0.773. The Labute approximate surface area is 245 Å². The van der Waals surface area contributed by atoms with Crippen molar-refractivity contribution in [3.8, 4) is 16.9 Å². The second-order valence-corrected chi connectivity index (χ2v) is 10.0. The quantitative estimate of drug-likeness (QED) is 0.0673. The zero-order valence-corrected chi connectivity index (χ0v) is 24.2. The molecule has 0 saturated carbocycles. The van der Waals surface area contributed by atoms with Crippen molar-refractivity contribution in [2.24, 2.45) is 0 Å². The summed E-state index contributed by atoms with van der Waals surface area (Å²) in [5.74, 6) is -1.04. The van der Waals surface area contributed by atoms with Crippen LogP contribution in [-0.2, 0) is 36.7 Å². The number of hydrogen-bond donors (Lipinski definition) is 0. The highest BCUT2D eigenvalue weighted by molar-refractivity contribution is 5.87. The number of carbonyl (C=O) groups is 3. The van der Waals surface area contributed by atoms with Crippen LogP contribution in [0.3, 0.4) is 0 Å². The Bertz CT molecular complexity index is 1540. The molecule has 1 heterocycles. The molecule has 8 nitrogen and oxygen atoms in total. The molecule has 0 radical (unpaired) electrons. The van der Waals surface area contributed by atoms with E-state index in [1.165, 1.54) is 0 Å². The summed E-state index contributed by atoms with van der Waals surface area (Å²) in [5.41, 5.74) is 3.86. The standard InChI is InChI=1S/C34H36O8/c1-6-31(35)41-28-15-13-24(14-16-28)29-20-27-19-25(11-7-9-17-39-32(36)22(2)3)26(21-30(27)42-34(29)38)12-8-10-18-40-33(37)23(4)5/h6,13-16,19-21H,1-2,4,7-12,17-18H2,3,5H3. The molecule has 2 aromatic carbocycles. The number of rotatable bonds is 15. The third kappa shape index (κ3) is 9.16.